The van der Waals surface area contributed by atoms with Crippen LogP contribution in [0, 0.1) is 0 Å². The third-order valence-electron chi connectivity index (χ3n) is 3.41. The fourth-order valence-corrected chi connectivity index (χ4v) is 3.31. The molecule has 0 saturated carbocycles. The Labute approximate surface area is 125 Å². The quantitative estimate of drug-likeness (QED) is 0.853. The van der Waals surface area contributed by atoms with Crippen molar-refractivity contribution in [2.24, 2.45) is 12.8 Å². The zero-order valence-corrected chi connectivity index (χ0v) is 13.0. The molecule has 7 heteroatoms. The van der Waals surface area contributed by atoms with Crippen molar-refractivity contribution in [1.82, 2.24) is 13.9 Å². The number of likely N-dealkylation sites (N-methyl/N-ethyl adjacent to an activating group) is 1. The van der Waals surface area contributed by atoms with E-state index in [1.54, 1.807) is 37.1 Å². The van der Waals surface area contributed by atoms with E-state index in [0.717, 1.165) is 11.4 Å². The highest BCUT2D eigenvalue weighted by molar-refractivity contribution is 7.89. The van der Waals surface area contributed by atoms with Gasteiger partial charge in [-0.2, -0.15) is 0 Å². The number of aryl methyl sites for hydroxylation is 1. The summed E-state index contributed by atoms with van der Waals surface area (Å²) in [6.45, 7) is 0.690. The minimum Gasteiger partial charge on any atom is -0.352 e. The van der Waals surface area contributed by atoms with Crippen molar-refractivity contribution in [2.75, 3.05) is 13.6 Å². The van der Waals surface area contributed by atoms with Crippen molar-refractivity contribution in [3.8, 4) is 0 Å². The Kier molecular flexibility index (Phi) is 4.76. The molecular formula is C14H20N4O2S. The number of nitrogens with zero attached hydrogens (tertiary/aromatic N) is 3. The Morgan fingerprint density at radius 1 is 1.38 bits per heavy atom. The summed E-state index contributed by atoms with van der Waals surface area (Å²) in [5.41, 5.74) is 7.24. The van der Waals surface area contributed by atoms with Crippen LogP contribution in [0.2, 0.25) is 0 Å². The van der Waals surface area contributed by atoms with E-state index in [2.05, 4.69) is 4.98 Å². The standard InChI is InChI=1S/C14H20N4O2S/c1-17-11-14(9-13(17)10-15)21(19,20)18(2)8-6-12-5-3-4-7-16-12/h3-5,7,9,11H,6,8,10,15H2,1-2H3. The first-order valence-corrected chi connectivity index (χ1v) is 8.10. The van der Waals surface area contributed by atoms with E-state index in [0.29, 0.717) is 19.5 Å². The molecule has 0 atom stereocenters. The van der Waals surface area contributed by atoms with Crippen LogP contribution in [0.5, 0.6) is 0 Å². The maximum Gasteiger partial charge on any atom is 0.244 e. The molecule has 2 rings (SSSR count). The highest BCUT2D eigenvalue weighted by Gasteiger charge is 2.22. The van der Waals surface area contributed by atoms with Crippen LogP contribution in [-0.2, 0) is 30.0 Å². The van der Waals surface area contributed by atoms with Gasteiger partial charge in [0.15, 0.2) is 0 Å². The van der Waals surface area contributed by atoms with Crippen LogP contribution >= 0.6 is 0 Å². The van der Waals surface area contributed by atoms with E-state index >= 15 is 0 Å². The number of rotatable bonds is 6. The average Bonchev–Trinajstić information content (AvgIpc) is 2.87. The van der Waals surface area contributed by atoms with Gasteiger partial charge in [0.2, 0.25) is 10.0 Å². The van der Waals surface area contributed by atoms with Crippen LogP contribution in [0.4, 0.5) is 0 Å². The third kappa shape index (κ3) is 3.49. The summed E-state index contributed by atoms with van der Waals surface area (Å²) < 4.78 is 28.1. The molecular weight excluding hydrogens is 288 g/mol. The van der Waals surface area contributed by atoms with Gasteiger partial charge in [0.25, 0.3) is 0 Å². The van der Waals surface area contributed by atoms with E-state index < -0.39 is 10.0 Å². The molecule has 0 radical (unpaired) electrons. The Morgan fingerprint density at radius 2 is 2.14 bits per heavy atom. The van der Waals surface area contributed by atoms with E-state index in [4.69, 9.17) is 5.73 Å². The van der Waals surface area contributed by atoms with Gasteiger partial charge in [-0.1, -0.05) is 6.07 Å². The van der Waals surface area contributed by atoms with Gasteiger partial charge in [-0.25, -0.2) is 12.7 Å². The lowest BCUT2D eigenvalue weighted by molar-refractivity contribution is 0.471. The van der Waals surface area contributed by atoms with Gasteiger partial charge in [-0.15, -0.1) is 0 Å². The summed E-state index contributed by atoms with van der Waals surface area (Å²) in [4.78, 5) is 4.47. The molecule has 2 aromatic rings. The van der Waals surface area contributed by atoms with Crippen LogP contribution < -0.4 is 5.73 Å². The van der Waals surface area contributed by atoms with Crippen molar-refractivity contribution in [2.45, 2.75) is 17.9 Å². The lowest BCUT2D eigenvalue weighted by Gasteiger charge is -2.15. The largest absolute Gasteiger partial charge is 0.352 e. The summed E-state index contributed by atoms with van der Waals surface area (Å²) in [7, 11) is -0.128. The lowest BCUT2D eigenvalue weighted by atomic mass is 10.3. The van der Waals surface area contributed by atoms with Gasteiger partial charge in [0.05, 0.1) is 0 Å². The van der Waals surface area contributed by atoms with Crippen molar-refractivity contribution >= 4 is 10.0 Å². The molecule has 0 fully saturated rings. The van der Waals surface area contributed by atoms with Gasteiger partial charge in [0, 0.05) is 57.4 Å². The molecule has 0 bridgehead atoms. The zero-order valence-electron chi connectivity index (χ0n) is 12.2. The highest BCUT2D eigenvalue weighted by atomic mass is 32.2. The van der Waals surface area contributed by atoms with Crippen molar-refractivity contribution in [1.29, 1.82) is 0 Å². The van der Waals surface area contributed by atoms with Crippen molar-refractivity contribution in [3.05, 3.63) is 48.0 Å². The second-order valence-corrected chi connectivity index (χ2v) is 6.92. The number of aromatic nitrogens is 2. The lowest BCUT2D eigenvalue weighted by Crippen LogP contribution is -2.29. The van der Waals surface area contributed by atoms with E-state index in [1.165, 1.54) is 4.31 Å². The third-order valence-corrected chi connectivity index (χ3v) is 5.23. The van der Waals surface area contributed by atoms with E-state index in [9.17, 15) is 8.42 Å². The van der Waals surface area contributed by atoms with Gasteiger partial charge >= 0.3 is 0 Å². The zero-order chi connectivity index (χ0) is 15.5. The minimum absolute atomic E-state index is 0.272. The van der Waals surface area contributed by atoms with Crippen molar-refractivity contribution in [3.63, 3.8) is 0 Å². The van der Waals surface area contributed by atoms with E-state index in [1.807, 2.05) is 18.2 Å². The fourth-order valence-electron chi connectivity index (χ4n) is 2.04. The first-order valence-electron chi connectivity index (χ1n) is 6.66. The topological polar surface area (TPSA) is 81.2 Å². The summed E-state index contributed by atoms with van der Waals surface area (Å²) in [5, 5.41) is 0. The summed E-state index contributed by atoms with van der Waals surface area (Å²) >= 11 is 0. The van der Waals surface area contributed by atoms with Gasteiger partial charge in [-0.05, 0) is 18.2 Å². The number of hydrogen-bond donors (Lipinski definition) is 1. The summed E-state index contributed by atoms with van der Waals surface area (Å²) in [6, 6.07) is 7.23. The normalized spacial score (nSPS) is 12.0. The smallest absolute Gasteiger partial charge is 0.244 e. The molecule has 0 amide bonds. The number of nitrogens with two attached hydrogens (primary N) is 1. The molecule has 2 N–H and O–H groups in total. The average molecular weight is 308 g/mol. The summed E-state index contributed by atoms with van der Waals surface area (Å²) in [5.74, 6) is 0. The maximum atomic E-state index is 12.5. The van der Waals surface area contributed by atoms with E-state index in [-0.39, 0.29) is 4.90 Å². The summed E-state index contributed by atoms with van der Waals surface area (Å²) in [6.07, 6.45) is 3.87. The molecule has 21 heavy (non-hydrogen) atoms. The Morgan fingerprint density at radius 3 is 2.71 bits per heavy atom. The van der Waals surface area contributed by atoms with Crippen LogP contribution in [0.25, 0.3) is 0 Å². The van der Waals surface area contributed by atoms with Crippen LogP contribution in [0.3, 0.4) is 0 Å². The second kappa shape index (κ2) is 6.38. The molecule has 0 aliphatic rings. The molecule has 0 unspecified atom stereocenters. The monoisotopic (exact) mass is 308 g/mol. The van der Waals surface area contributed by atoms with Crippen molar-refractivity contribution < 1.29 is 8.42 Å². The highest BCUT2D eigenvalue weighted by Crippen LogP contribution is 2.17. The minimum atomic E-state index is -3.49. The predicted molar refractivity (Wildman–Crippen MR) is 81.1 cm³/mol. The first-order chi connectivity index (χ1) is 9.95. The molecule has 114 valence electrons. The Bertz CT molecular complexity index is 695. The van der Waals surface area contributed by atoms with Crippen LogP contribution in [0.1, 0.15) is 11.4 Å². The Balaban J connectivity index is 2.11. The molecule has 0 saturated heterocycles. The Hall–Kier alpha value is -1.70. The van der Waals surface area contributed by atoms with Crippen LogP contribution in [0.15, 0.2) is 41.6 Å². The molecule has 6 nitrogen and oxygen atoms in total. The fraction of sp³-hybridized carbons (Fsp3) is 0.357. The molecule has 0 aliphatic heterocycles. The number of sulfonamides is 1. The SMILES string of the molecule is CN(CCc1ccccn1)S(=O)(=O)c1cc(CN)n(C)c1. The second-order valence-electron chi connectivity index (χ2n) is 4.88. The maximum absolute atomic E-state index is 12.5. The molecule has 0 aliphatic carbocycles. The first kappa shape index (κ1) is 15.7. The number of hydrogen-bond acceptors (Lipinski definition) is 4. The molecule has 0 aromatic carbocycles. The van der Waals surface area contributed by atoms with Gasteiger partial charge < -0.3 is 10.3 Å². The molecule has 2 heterocycles. The van der Waals surface area contributed by atoms with Gasteiger partial charge in [0.1, 0.15) is 4.90 Å². The van der Waals surface area contributed by atoms with Crippen LogP contribution in [-0.4, -0.2) is 35.9 Å². The number of pyridine rings is 1. The molecule has 0 spiro atoms. The molecule has 2 aromatic heterocycles. The van der Waals surface area contributed by atoms with Gasteiger partial charge in [-0.3, -0.25) is 4.98 Å². The predicted octanol–water partition coefficient (Wildman–Crippen LogP) is 0.742.